The number of benzene rings is 1. The van der Waals surface area contributed by atoms with Crippen LogP contribution in [0, 0.1) is 6.92 Å². The molecule has 0 atom stereocenters. The Kier molecular flexibility index (Phi) is 7.18. The van der Waals surface area contributed by atoms with Gasteiger partial charge in [0.1, 0.15) is 5.76 Å². The molecule has 0 unspecified atom stereocenters. The number of halogens is 1. The molecule has 2 aromatic rings. The Morgan fingerprint density at radius 3 is 2.67 bits per heavy atom. The molecule has 0 saturated heterocycles. The Bertz CT molecular complexity index is 823. The van der Waals surface area contributed by atoms with Crippen LogP contribution in [0.5, 0.6) is 5.88 Å². The number of aryl methyl sites for hydroxylation is 1. The van der Waals surface area contributed by atoms with Crippen LogP contribution in [-0.2, 0) is 19.1 Å². The fraction of sp³-hybridized carbons (Fsp3) is 0.294. The molecule has 1 heterocycles. The molecule has 0 aliphatic heterocycles. The summed E-state index contributed by atoms with van der Waals surface area (Å²) in [5.74, 6) is -1.06. The first kappa shape index (κ1) is 20.2. The number of esters is 1. The molecule has 10 heteroatoms. The molecule has 0 aliphatic carbocycles. The van der Waals surface area contributed by atoms with Gasteiger partial charge < -0.3 is 24.2 Å². The minimum absolute atomic E-state index is 0.143. The van der Waals surface area contributed by atoms with Crippen molar-refractivity contribution < 1.29 is 28.4 Å². The summed E-state index contributed by atoms with van der Waals surface area (Å²) in [7, 11) is 1.41. The molecular formula is C17H18ClN3O6. The molecule has 0 saturated carbocycles. The fourth-order valence-corrected chi connectivity index (χ4v) is 2.08. The number of ether oxygens (including phenoxy) is 2. The lowest BCUT2D eigenvalue weighted by Gasteiger charge is -2.17. The summed E-state index contributed by atoms with van der Waals surface area (Å²) in [6, 6.07) is 8.23. The molecule has 1 aromatic carbocycles. The molecule has 144 valence electrons. The van der Waals surface area contributed by atoms with Gasteiger partial charge in [0.2, 0.25) is 5.91 Å². The van der Waals surface area contributed by atoms with E-state index in [-0.39, 0.29) is 12.4 Å². The van der Waals surface area contributed by atoms with Gasteiger partial charge in [0.25, 0.3) is 11.8 Å². The van der Waals surface area contributed by atoms with Crippen molar-refractivity contribution in [3.63, 3.8) is 0 Å². The molecule has 0 bridgehead atoms. The summed E-state index contributed by atoms with van der Waals surface area (Å²) < 4.78 is 14.6. The maximum atomic E-state index is 12.0. The first-order valence-electron chi connectivity index (χ1n) is 7.85. The van der Waals surface area contributed by atoms with Gasteiger partial charge in [0.05, 0.1) is 17.3 Å². The van der Waals surface area contributed by atoms with Crippen molar-refractivity contribution in [3.05, 3.63) is 41.1 Å². The third kappa shape index (κ3) is 6.63. The number of likely N-dealkylation sites (N-methyl/N-ethyl adjacent to an activating group) is 1. The average molecular weight is 396 g/mol. The van der Waals surface area contributed by atoms with E-state index >= 15 is 0 Å². The predicted octanol–water partition coefficient (Wildman–Crippen LogP) is 1.66. The van der Waals surface area contributed by atoms with Crippen LogP contribution in [0.25, 0.3) is 0 Å². The third-order valence-electron chi connectivity index (χ3n) is 3.26. The second-order valence-corrected chi connectivity index (χ2v) is 5.91. The summed E-state index contributed by atoms with van der Waals surface area (Å²) in [6.07, 6.45) is 0. The average Bonchev–Trinajstić information content (AvgIpc) is 3.05. The van der Waals surface area contributed by atoms with Crippen molar-refractivity contribution in [2.24, 2.45) is 0 Å². The van der Waals surface area contributed by atoms with E-state index < -0.39 is 31.0 Å². The highest BCUT2D eigenvalue weighted by Crippen LogP contribution is 2.20. The largest absolute Gasteiger partial charge is 0.463 e. The number of nitrogens with zero attached hydrogens (tertiary/aromatic N) is 2. The van der Waals surface area contributed by atoms with Gasteiger partial charge in [-0.15, -0.1) is 0 Å². The summed E-state index contributed by atoms with van der Waals surface area (Å²) in [6.45, 7) is 0.511. The van der Waals surface area contributed by atoms with Crippen LogP contribution in [0.4, 0.5) is 5.69 Å². The Hall–Kier alpha value is -3.07. The number of hydrogen-bond donors (Lipinski definition) is 1. The van der Waals surface area contributed by atoms with Crippen LogP contribution in [0.3, 0.4) is 0 Å². The van der Waals surface area contributed by atoms with E-state index in [0.29, 0.717) is 16.5 Å². The van der Waals surface area contributed by atoms with Crippen molar-refractivity contribution in [1.29, 1.82) is 0 Å². The van der Waals surface area contributed by atoms with E-state index in [1.807, 2.05) is 0 Å². The number of para-hydroxylation sites is 1. The number of nitrogens with one attached hydrogen (secondary N) is 1. The summed E-state index contributed by atoms with van der Waals surface area (Å²) in [5, 5.41) is 6.53. The van der Waals surface area contributed by atoms with E-state index in [2.05, 4.69) is 10.5 Å². The highest BCUT2D eigenvalue weighted by atomic mass is 35.5. The van der Waals surface area contributed by atoms with Gasteiger partial charge in [0.15, 0.2) is 13.2 Å². The number of carbonyl (C=O) groups excluding carboxylic acids is 3. The van der Waals surface area contributed by atoms with E-state index in [0.717, 1.165) is 4.90 Å². The first-order chi connectivity index (χ1) is 12.8. The minimum Gasteiger partial charge on any atom is -0.463 e. The van der Waals surface area contributed by atoms with Crippen molar-refractivity contribution in [2.75, 3.05) is 32.1 Å². The molecule has 0 aliphatic rings. The molecule has 2 amide bonds. The zero-order valence-corrected chi connectivity index (χ0v) is 15.5. The van der Waals surface area contributed by atoms with Gasteiger partial charge in [-0.1, -0.05) is 23.7 Å². The summed E-state index contributed by atoms with van der Waals surface area (Å²) in [4.78, 5) is 36.6. The highest BCUT2D eigenvalue weighted by Gasteiger charge is 2.16. The Morgan fingerprint density at radius 2 is 2.00 bits per heavy atom. The monoisotopic (exact) mass is 395 g/mol. The molecule has 0 spiro atoms. The Balaban J connectivity index is 1.70. The quantitative estimate of drug-likeness (QED) is 0.676. The van der Waals surface area contributed by atoms with Crippen LogP contribution < -0.4 is 10.1 Å². The van der Waals surface area contributed by atoms with E-state index in [9.17, 15) is 14.4 Å². The van der Waals surface area contributed by atoms with Crippen LogP contribution in [0.1, 0.15) is 5.76 Å². The second-order valence-electron chi connectivity index (χ2n) is 5.50. The van der Waals surface area contributed by atoms with Crippen molar-refractivity contribution in [3.8, 4) is 5.88 Å². The normalized spacial score (nSPS) is 10.2. The van der Waals surface area contributed by atoms with Gasteiger partial charge >= 0.3 is 5.97 Å². The molecule has 2 rings (SSSR count). The summed E-state index contributed by atoms with van der Waals surface area (Å²) >= 11 is 5.95. The van der Waals surface area contributed by atoms with E-state index in [1.54, 1.807) is 31.2 Å². The fourth-order valence-electron chi connectivity index (χ4n) is 1.89. The zero-order chi connectivity index (χ0) is 19.8. The van der Waals surface area contributed by atoms with Crippen LogP contribution in [0.2, 0.25) is 5.02 Å². The molecule has 0 radical (unpaired) electrons. The molecule has 1 N–H and O–H groups in total. The Morgan fingerprint density at radius 1 is 1.26 bits per heavy atom. The van der Waals surface area contributed by atoms with Crippen LogP contribution in [-0.4, -0.2) is 54.6 Å². The molecule has 9 nitrogen and oxygen atoms in total. The number of rotatable bonds is 8. The standard InChI is InChI=1S/C17H18ClN3O6/c1-11-7-15(20-27-11)25-10-17(24)26-9-16(23)21(2)8-14(22)19-13-6-4-3-5-12(13)18/h3-7H,8-10H2,1-2H3,(H,19,22). The van der Waals surface area contributed by atoms with Gasteiger partial charge in [0, 0.05) is 13.1 Å². The number of carbonyl (C=O) groups is 3. The van der Waals surface area contributed by atoms with E-state index in [1.165, 1.54) is 13.1 Å². The molecule has 0 fully saturated rings. The second kappa shape index (κ2) is 9.58. The first-order valence-corrected chi connectivity index (χ1v) is 8.23. The lowest BCUT2D eigenvalue weighted by Crippen LogP contribution is -2.37. The maximum Gasteiger partial charge on any atom is 0.344 e. The van der Waals surface area contributed by atoms with Gasteiger partial charge in [-0.25, -0.2) is 4.79 Å². The van der Waals surface area contributed by atoms with Crippen molar-refractivity contribution >= 4 is 35.1 Å². The number of amides is 2. The minimum atomic E-state index is -0.752. The van der Waals surface area contributed by atoms with E-state index in [4.69, 9.17) is 25.6 Å². The zero-order valence-electron chi connectivity index (χ0n) is 14.7. The topological polar surface area (TPSA) is 111 Å². The smallest absolute Gasteiger partial charge is 0.344 e. The van der Waals surface area contributed by atoms with Gasteiger partial charge in [-0.2, -0.15) is 0 Å². The van der Waals surface area contributed by atoms with Gasteiger partial charge in [-0.05, 0) is 24.2 Å². The van der Waals surface area contributed by atoms with Crippen LogP contribution in [0.15, 0.2) is 34.9 Å². The maximum absolute atomic E-state index is 12.0. The van der Waals surface area contributed by atoms with Crippen molar-refractivity contribution in [2.45, 2.75) is 6.92 Å². The Labute approximate surface area is 160 Å². The lowest BCUT2D eigenvalue weighted by molar-refractivity contribution is -0.153. The summed E-state index contributed by atoms with van der Waals surface area (Å²) in [5.41, 5.74) is 0.441. The number of aromatic nitrogens is 1. The molecule has 1 aromatic heterocycles. The van der Waals surface area contributed by atoms with Crippen molar-refractivity contribution in [1.82, 2.24) is 10.1 Å². The lowest BCUT2D eigenvalue weighted by atomic mass is 10.3. The van der Waals surface area contributed by atoms with Crippen LogP contribution >= 0.6 is 11.6 Å². The molecular weight excluding hydrogens is 378 g/mol. The molecule has 27 heavy (non-hydrogen) atoms. The SMILES string of the molecule is Cc1cc(OCC(=O)OCC(=O)N(C)CC(=O)Nc2ccccc2Cl)no1. The van der Waals surface area contributed by atoms with Gasteiger partial charge in [-0.3, -0.25) is 9.59 Å². The number of hydrogen-bond acceptors (Lipinski definition) is 7. The highest BCUT2D eigenvalue weighted by molar-refractivity contribution is 6.33. The number of anilines is 1. The third-order valence-corrected chi connectivity index (χ3v) is 3.58. The predicted molar refractivity (Wildman–Crippen MR) is 95.4 cm³/mol.